The molecule has 0 saturated carbocycles. The van der Waals surface area contributed by atoms with Crippen LogP contribution in [0.25, 0.3) is 0 Å². The van der Waals surface area contributed by atoms with Crippen LogP contribution in [0.15, 0.2) is 0 Å². The van der Waals surface area contributed by atoms with Gasteiger partial charge in [-0.05, 0) is 26.7 Å². The molecule has 0 unspecified atom stereocenters. The summed E-state index contributed by atoms with van der Waals surface area (Å²) in [6.45, 7) is 9.35. The van der Waals surface area contributed by atoms with Crippen molar-refractivity contribution in [2.24, 2.45) is 0 Å². The van der Waals surface area contributed by atoms with Gasteiger partial charge >= 0.3 is 0 Å². The number of rotatable bonds is 11. The lowest BCUT2D eigenvalue weighted by atomic mass is 10.0. The quantitative estimate of drug-likeness (QED) is 0.316. The van der Waals surface area contributed by atoms with E-state index in [-0.39, 0.29) is 0 Å². The van der Waals surface area contributed by atoms with Crippen LogP contribution in [0, 0.1) is 0 Å². The average Bonchev–Trinajstić information content (AvgIpc) is 2.23. The van der Waals surface area contributed by atoms with Crippen molar-refractivity contribution in [2.45, 2.75) is 83.8 Å². The molecule has 0 aliphatic rings. The highest BCUT2D eigenvalue weighted by molar-refractivity contribution is 8.77. The highest BCUT2D eigenvalue weighted by atomic mass is 33.1. The summed E-state index contributed by atoms with van der Waals surface area (Å²) in [4.78, 5) is 0. The van der Waals surface area contributed by atoms with Crippen molar-refractivity contribution < 1.29 is 0 Å². The van der Waals surface area contributed by atoms with Gasteiger partial charge in [0.25, 0.3) is 0 Å². The first-order valence-electron chi connectivity index (χ1n) is 6.93. The van der Waals surface area contributed by atoms with E-state index in [0.29, 0.717) is 4.75 Å². The summed E-state index contributed by atoms with van der Waals surface area (Å²) in [5.41, 5.74) is 0. The molecule has 98 valence electrons. The van der Waals surface area contributed by atoms with Crippen molar-refractivity contribution in [1.29, 1.82) is 0 Å². The van der Waals surface area contributed by atoms with E-state index in [1.165, 1.54) is 57.1 Å². The molecule has 0 N–H and O–H groups in total. The van der Waals surface area contributed by atoms with Gasteiger partial charge < -0.3 is 0 Å². The Morgan fingerprint density at radius 2 is 1.44 bits per heavy atom. The van der Waals surface area contributed by atoms with E-state index >= 15 is 0 Å². The Labute approximate surface area is 111 Å². The zero-order valence-corrected chi connectivity index (χ0v) is 13.3. The molecule has 0 atom stereocenters. The van der Waals surface area contributed by atoms with Crippen LogP contribution in [0.3, 0.4) is 0 Å². The van der Waals surface area contributed by atoms with E-state index in [9.17, 15) is 0 Å². The van der Waals surface area contributed by atoms with E-state index in [0.717, 1.165) is 0 Å². The summed E-state index contributed by atoms with van der Waals surface area (Å²) in [6.07, 6.45) is 11.1. The van der Waals surface area contributed by atoms with Crippen molar-refractivity contribution in [1.82, 2.24) is 0 Å². The summed E-state index contributed by atoms with van der Waals surface area (Å²) in [7, 11) is 4.19. The molecule has 2 heteroatoms. The van der Waals surface area contributed by atoms with Gasteiger partial charge in [0.1, 0.15) is 0 Å². The van der Waals surface area contributed by atoms with Crippen LogP contribution in [0.2, 0.25) is 0 Å². The smallest absolute Gasteiger partial charge is 0.0207 e. The lowest BCUT2D eigenvalue weighted by Crippen LogP contribution is -2.12. The van der Waals surface area contributed by atoms with Crippen molar-refractivity contribution in [3.05, 3.63) is 0 Å². The maximum Gasteiger partial charge on any atom is 0.0207 e. The second kappa shape index (κ2) is 10.8. The molecule has 0 aliphatic carbocycles. The van der Waals surface area contributed by atoms with Crippen LogP contribution in [0.1, 0.15) is 79.1 Å². The molecule has 0 spiro atoms. The van der Waals surface area contributed by atoms with Gasteiger partial charge in [0, 0.05) is 10.5 Å². The van der Waals surface area contributed by atoms with E-state index in [4.69, 9.17) is 0 Å². The molecule has 0 amide bonds. The van der Waals surface area contributed by atoms with Crippen LogP contribution in [-0.4, -0.2) is 10.5 Å². The van der Waals surface area contributed by atoms with Crippen molar-refractivity contribution >= 4 is 21.6 Å². The summed E-state index contributed by atoms with van der Waals surface area (Å²) < 4.78 is 0.477. The maximum absolute atomic E-state index is 2.40. The summed E-state index contributed by atoms with van der Waals surface area (Å²) >= 11 is 0. The highest BCUT2D eigenvalue weighted by Crippen LogP contribution is 2.39. The van der Waals surface area contributed by atoms with Crippen LogP contribution in [-0.2, 0) is 0 Å². The Kier molecular flexibility index (Phi) is 11.3. The molecule has 0 saturated heterocycles. The predicted octanol–water partition coefficient (Wildman–Crippen LogP) is 6.31. The molecule has 0 aromatic rings. The molecule has 0 bridgehead atoms. The van der Waals surface area contributed by atoms with Gasteiger partial charge in [0.15, 0.2) is 0 Å². The Bertz CT molecular complexity index is 144. The molecule has 0 aliphatic heterocycles. The molecule has 0 fully saturated rings. The highest BCUT2D eigenvalue weighted by Gasteiger charge is 2.17. The first-order valence-corrected chi connectivity index (χ1v) is 9.25. The summed E-state index contributed by atoms with van der Waals surface area (Å²) in [5.74, 6) is 1.34. The van der Waals surface area contributed by atoms with E-state index < -0.39 is 0 Å². The monoisotopic (exact) mass is 262 g/mol. The topological polar surface area (TPSA) is 0 Å². The van der Waals surface area contributed by atoms with Crippen molar-refractivity contribution in [3.63, 3.8) is 0 Å². The molecule has 0 radical (unpaired) electrons. The van der Waals surface area contributed by atoms with E-state index in [1.807, 2.05) is 0 Å². The summed E-state index contributed by atoms with van der Waals surface area (Å²) in [6, 6.07) is 0. The molecule has 0 rings (SSSR count). The number of hydrogen-bond donors (Lipinski definition) is 0. The molecule has 16 heavy (non-hydrogen) atoms. The minimum absolute atomic E-state index is 0.477. The van der Waals surface area contributed by atoms with E-state index in [1.54, 1.807) is 0 Å². The van der Waals surface area contributed by atoms with Gasteiger partial charge in [-0.1, -0.05) is 74.0 Å². The Hall–Kier alpha value is 0.700. The molecular weight excluding hydrogens is 232 g/mol. The standard InChI is InChI=1S/C14H30S2/c1-5-7-9-11-13-15-16-14(3,4)12-10-8-6-2/h5-13H2,1-4H3. The molecule has 0 nitrogen and oxygen atoms in total. The Morgan fingerprint density at radius 1 is 0.812 bits per heavy atom. The lowest BCUT2D eigenvalue weighted by molar-refractivity contribution is 0.575. The third-order valence-corrected chi connectivity index (χ3v) is 6.18. The summed E-state index contributed by atoms with van der Waals surface area (Å²) in [5, 5.41) is 0. The first kappa shape index (κ1) is 16.7. The van der Waals surface area contributed by atoms with Gasteiger partial charge in [0.05, 0.1) is 0 Å². The van der Waals surface area contributed by atoms with Gasteiger partial charge in [-0.3, -0.25) is 0 Å². The zero-order valence-electron chi connectivity index (χ0n) is 11.7. The second-order valence-electron chi connectivity index (χ2n) is 5.18. The minimum atomic E-state index is 0.477. The fourth-order valence-corrected chi connectivity index (χ4v) is 4.39. The van der Waals surface area contributed by atoms with Crippen LogP contribution in [0.4, 0.5) is 0 Å². The number of hydrogen-bond acceptors (Lipinski definition) is 2. The van der Waals surface area contributed by atoms with Gasteiger partial charge in [-0.2, -0.15) is 0 Å². The van der Waals surface area contributed by atoms with Crippen molar-refractivity contribution in [2.75, 3.05) is 5.75 Å². The molecular formula is C14H30S2. The largest absolute Gasteiger partial charge is 0.0936 e. The van der Waals surface area contributed by atoms with Gasteiger partial charge in [-0.25, -0.2) is 0 Å². The second-order valence-corrected chi connectivity index (χ2v) is 8.31. The molecule has 0 aromatic heterocycles. The third kappa shape index (κ3) is 11.2. The van der Waals surface area contributed by atoms with E-state index in [2.05, 4.69) is 49.3 Å². The van der Waals surface area contributed by atoms with Gasteiger partial charge in [-0.15, -0.1) is 0 Å². The predicted molar refractivity (Wildman–Crippen MR) is 82.4 cm³/mol. The fourth-order valence-electron chi connectivity index (χ4n) is 1.63. The normalized spacial score (nSPS) is 12.0. The van der Waals surface area contributed by atoms with Gasteiger partial charge in [0.2, 0.25) is 0 Å². The maximum atomic E-state index is 2.40. The number of unbranched alkanes of at least 4 members (excludes halogenated alkanes) is 5. The molecule has 0 heterocycles. The Balaban J connectivity index is 3.35. The average molecular weight is 263 g/mol. The first-order chi connectivity index (χ1) is 7.62. The molecule has 0 aromatic carbocycles. The van der Waals surface area contributed by atoms with Crippen LogP contribution < -0.4 is 0 Å². The lowest BCUT2D eigenvalue weighted by Gasteiger charge is -2.23. The minimum Gasteiger partial charge on any atom is -0.0936 e. The van der Waals surface area contributed by atoms with Crippen LogP contribution in [0.5, 0.6) is 0 Å². The SMILES string of the molecule is CCCCCCSSC(C)(C)CCCCC. The third-order valence-electron chi connectivity index (χ3n) is 2.75. The zero-order chi connectivity index (χ0) is 12.3. The van der Waals surface area contributed by atoms with Crippen molar-refractivity contribution in [3.8, 4) is 0 Å². The fraction of sp³-hybridized carbons (Fsp3) is 1.00. The van der Waals surface area contributed by atoms with Crippen LogP contribution >= 0.6 is 21.6 Å². The Morgan fingerprint density at radius 3 is 2.06 bits per heavy atom.